The molecule has 0 bridgehead atoms. The topological polar surface area (TPSA) is 61.2 Å². The lowest BCUT2D eigenvalue weighted by Gasteiger charge is -2.22. The summed E-state index contributed by atoms with van der Waals surface area (Å²) in [6.45, 7) is 4.53. The van der Waals surface area contributed by atoms with Crippen LogP contribution in [0, 0.1) is 17.2 Å². The molecule has 0 aliphatic heterocycles. The molecule has 0 amide bonds. The van der Waals surface area contributed by atoms with Gasteiger partial charge in [-0.05, 0) is 32.1 Å². The zero-order chi connectivity index (χ0) is 11.5. The van der Waals surface area contributed by atoms with E-state index in [0.717, 1.165) is 19.3 Å². The second kappa shape index (κ2) is 4.95. The molecule has 0 N–H and O–H groups in total. The minimum Gasteiger partial charge on any atom is -0.211 e. The van der Waals surface area contributed by atoms with Gasteiger partial charge in [-0.15, -0.1) is 0 Å². The maximum atomic E-state index is 11.9. The Hall–Kier alpha value is -0.600. The quantitative estimate of drug-likeness (QED) is 0.692. The van der Waals surface area contributed by atoms with Gasteiger partial charge in [-0.25, -0.2) is 12.7 Å². The van der Waals surface area contributed by atoms with Crippen LogP contribution in [-0.2, 0) is 10.0 Å². The maximum absolute atomic E-state index is 11.9. The van der Waals surface area contributed by atoms with Gasteiger partial charge in [-0.1, -0.05) is 6.92 Å². The molecule has 0 heterocycles. The normalized spacial score (nSPS) is 18.8. The van der Waals surface area contributed by atoms with Crippen molar-refractivity contribution in [3.8, 4) is 6.07 Å². The molecule has 1 atom stereocenters. The number of nitriles is 1. The first-order valence-electron chi connectivity index (χ1n) is 5.41. The van der Waals surface area contributed by atoms with Crippen LogP contribution in [0.15, 0.2) is 0 Å². The third-order valence-corrected chi connectivity index (χ3v) is 4.67. The predicted octanol–water partition coefficient (Wildman–Crippen LogP) is 1.35. The van der Waals surface area contributed by atoms with Gasteiger partial charge in [0.1, 0.15) is 0 Å². The Bertz CT molecular complexity index is 341. The molecule has 0 saturated heterocycles. The van der Waals surface area contributed by atoms with E-state index in [1.54, 1.807) is 0 Å². The van der Waals surface area contributed by atoms with Gasteiger partial charge in [0, 0.05) is 13.1 Å². The number of nitrogens with zero attached hydrogens (tertiary/aromatic N) is 2. The van der Waals surface area contributed by atoms with E-state index in [1.807, 2.05) is 13.0 Å². The Morgan fingerprint density at radius 1 is 1.53 bits per heavy atom. The van der Waals surface area contributed by atoms with Gasteiger partial charge in [-0.3, -0.25) is 0 Å². The highest BCUT2D eigenvalue weighted by Gasteiger charge is 2.33. The van der Waals surface area contributed by atoms with Crippen molar-refractivity contribution in [3.05, 3.63) is 0 Å². The van der Waals surface area contributed by atoms with E-state index in [9.17, 15) is 8.42 Å². The molecule has 0 aromatic heterocycles. The van der Waals surface area contributed by atoms with Crippen molar-refractivity contribution >= 4 is 10.0 Å². The summed E-state index contributed by atoms with van der Waals surface area (Å²) in [5, 5.41) is 7.75. The Morgan fingerprint density at radius 2 is 2.13 bits per heavy atom. The zero-order valence-electron chi connectivity index (χ0n) is 9.31. The molecule has 15 heavy (non-hydrogen) atoms. The van der Waals surface area contributed by atoms with Gasteiger partial charge in [-0.2, -0.15) is 5.26 Å². The molecule has 4 nitrogen and oxygen atoms in total. The minimum atomic E-state index is -3.40. The second-order valence-corrected chi connectivity index (χ2v) is 6.37. The number of hydrogen-bond acceptors (Lipinski definition) is 3. The van der Waals surface area contributed by atoms with E-state index >= 15 is 0 Å². The van der Waals surface area contributed by atoms with Crippen molar-refractivity contribution in [2.75, 3.05) is 13.1 Å². The second-order valence-electron chi connectivity index (χ2n) is 4.12. The van der Waals surface area contributed by atoms with Crippen LogP contribution in [0.1, 0.15) is 33.1 Å². The standard InChI is InChI=1S/C10H18N2O2S/c1-3-6-12(8-10-4-5-10)15(13,14)9(2)7-11/h9-10H,3-6,8H2,1-2H3. The number of sulfonamides is 1. The van der Waals surface area contributed by atoms with E-state index < -0.39 is 15.3 Å². The molecule has 86 valence electrons. The molecule has 1 saturated carbocycles. The van der Waals surface area contributed by atoms with Gasteiger partial charge >= 0.3 is 0 Å². The highest BCUT2D eigenvalue weighted by atomic mass is 32.2. The maximum Gasteiger partial charge on any atom is 0.230 e. The molecule has 0 spiro atoms. The SMILES string of the molecule is CCCN(CC1CC1)S(=O)(=O)C(C)C#N. The molecule has 0 aromatic carbocycles. The zero-order valence-corrected chi connectivity index (χ0v) is 10.1. The molecule has 1 unspecified atom stereocenters. The monoisotopic (exact) mass is 230 g/mol. The number of hydrogen-bond donors (Lipinski definition) is 0. The van der Waals surface area contributed by atoms with E-state index in [2.05, 4.69) is 0 Å². The first-order chi connectivity index (χ1) is 7.02. The van der Waals surface area contributed by atoms with Crippen LogP contribution >= 0.6 is 0 Å². The van der Waals surface area contributed by atoms with Gasteiger partial charge < -0.3 is 0 Å². The summed E-state index contributed by atoms with van der Waals surface area (Å²) in [5.41, 5.74) is 0. The van der Waals surface area contributed by atoms with Crippen molar-refractivity contribution in [1.82, 2.24) is 4.31 Å². The van der Waals surface area contributed by atoms with Crippen molar-refractivity contribution in [2.45, 2.75) is 38.4 Å². The van der Waals surface area contributed by atoms with Crippen molar-refractivity contribution in [2.24, 2.45) is 5.92 Å². The fourth-order valence-electron chi connectivity index (χ4n) is 1.45. The average Bonchev–Trinajstić information content (AvgIpc) is 2.99. The summed E-state index contributed by atoms with van der Waals surface area (Å²) in [5.74, 6) is 0.525. The summed E-state index contributed by atoms with van der Waals surface area (Å²) in [4.78, 5) is 0. The molecule has 1 aliphatic rings. The summed E-state index contributed by atoms with van der Waals surface area (Å²) in [7, 11) is -3.40. The number of rotatable bonds is 6. The van der Waals surface area contributed by atoms with E-state index in [4.69, 9.17) is 5.26 Å². The fourth-order valence-corrected chi connectivity index (χ4v) is 2.89. The first-order valence-corrected chi connectivity index (χ1v) is 6.91. The molecular weight excluding hydrogens is 212 g/mol. The van der Waals surface area contributed by atoms with Gasteiger partial charge in [0.05, 0.1) is 6.07 Å². The lowest BCUT2D eigenvalue weighted by atomic mass is 10.4. The van der Waals surface area contributed by atoms with Gasteiger partial charge in [0.2, 0.25) is 10.0 Å². The van der Waals surface area contributed by atoms with E-state index in [1.165, 1.54) is 11.2 Å². The molecule has 1 rings (SSSR count). The van der Waals surface area contributed by atoms with Crippen LogP contribution in [0.3, 0.4) is 0 Å². The van der Waals surface area contributed by atoms with E-state index in [0.29, 0.717) is 19.0 Å². The summed E-state index contributed by atoms with van der Waals surface area (Å²) in [6.07, 6.45) is 3.04. The molecule has 1 aliphatic carbocycles. The third-order valence-electron chi connectivity index (χ3n) is 2.62. The van der Waals surface area contributed by atoms with Gasteiger partial charge in [0.15, 0.2) is 5.25 Å². The predicted molar refractivity (Wildman–Crippen MR) is 58.6 cm³/mol. The first kappa shape index (κ1) is 12.5. The van der Waals surface area contributed by atoms with Crippen LogP contribution in [-0.4, -0.2) is 31.1 Å². The smallest absolute Gasteiger partial charge is 0.211 e. The molecule has 0 aromatic rings. The highest BCUT2D eigenvalue weighted by Crippen LogP contribution is 2.31. The Kier molecular flexibility index (Phi) is 4.12. The third kappa shape index (κ3) is 3.18. The minimum absolute atomic E-state index is 0.525. The lowest BCUT2D eigenvalue weighted by molar-refractivity contribution is 0.393. The Morgan fingerprint density at radius 3 is 2.53 bits per heavy atom. The molecule has 5 heteroatoms. The van der Waals surface area contributed by atoms with Crippen molar-refractivity contribution in [3.63, 3.8) is 0 Å². The van der Waals surface area contributed by atoms with Crippen LogP contribution < -0.4 is 0 Å². The van der Waals surface area contributed by atoms with Gasteiger partial charge in [0.25, 0.3) is 0 Å². The van der Waals surface area contributed by atoms with Crippen molar-refractivity contribution < 1.29 is 8.42 Å². The fraction of sp³-hybridized carbons (Fsp3) is 0.900. The lowest BCUT2D eigenvalue weighted by Crippen LogP contribution is -2.38. The van der Waals surface area contributed by atoms with E-state index in [-0.39, 0.29) is 0 Å². The Labute approximate surface area is 91.9 Å². The summed E-state index contributed by atoms with van der Waals surface area (Å²) in [6, 6.07) is 1.81. The summed E-state index contributed by atoms with van der Waals surface area (Å²) >= 11 is 0. The largest absolute Gasteiger partial charge is 0.230 e. The van der Waals surface area contributed by atoms with Crippen LogP contribution in [0.25, 0.3) is 0 Å². The average molecular weight is 230 g/mol. The molecular formula is C10H18N2O2S. The van der Waals surface area contributed by atoms with Crippen LogP contribution in [0.5, 0.6) is 0 Å². The molecule has 0 radical (unpaired) electrons. The van der Waals surface area contributed by atoms with Crippen LogP contribution in [0.4, 0.5) is 0 Å². The molecule has 1 fully saturated rings. The van der Waals surface area contributed by atoms with Crippen molar-refractivity contribution in [1.29, 1.82) is 5.26 Å². The summed E-state index contributed by atoms with van der Waals surface area (Å²) < 4.78 is 25.3. The highest BCUT2D eigenvalue weighted by molar-refractivity contribution is 7.89. The Balaban J connectivity index is 2.72. The van der Waals surface area contributed by atoms with Crippen LogP contribution in [0.2, 0.25) is 0 Å².